The maximum absolute atomic E-state index is 11.8. The molecule has 1 heterocycles. The first-order valence-corrected chi connectivity index (χ1v) is 7.62. The molecule has 1 amide bonds. The van der Waals surface area contributed by atoms with E-state index in [1.54, 1.807) is 0 Å². The van der Waals surface area contributed by atoms with Crippen LogP contribution >= 0.6 is 0 Å². The second kappa shape index (κ2) is 8.05. The maximum atomic E-state index is 11.8. The molecule has 0 saturated carbocycles. The summed E-state index contributed by atoms with van der Waals surface area (Å²) in [6.45, 7) is 4.47. The van der Waals surface area contributed by atoms with Crippen LogP contribution in [0.1, 0.15) is 36.3 Å². The first-order valence-electron chi connectivity index (χ1n) is 7.62. The Morgan fingerprint density at radius 2 is 2.00 bits per heavy atom. The largest absolute Gasteiger partial charge is 0.476 e. The summed E-state index contributed by atoms with van der Waals surface area (Å²) < 4.78 is 0. The van der Waals surface area contributed by atoms with Crippen LogP contribution in [-0.4, -0.2) is 27.0 Å². The van der Waals surface area contributed by atoms with Crippen molar-refractivity contribution >= 4 is 23.4 Å². The quantitative estimate of drug-likeness (QED) is 0.722. The first kappa shape index (κ1) is 17.4. The molecule has 0 radical (unpaired) electrons. The Morgan fingerprint density at radius 3 is 2.62 bits per heavy atom. The van der Waals surface area contributed by atoms with Gasteiger partial charge in [-0.2, -0.15) is 0 Å². The van der Waals surface area contributed by atoms with E-state index < -0.39 is 5.97 Å². The number of hydrogen-bond donors (Lipinski definition) is 3. The van der Waals surface area contributed by atoms with E-state index in [1.165, 1.54) is 12.4 Å². The highest BCUT2D eigenvalue weighted by molar-refractivity contribution is 5.90. The van der Waals surface area contributed by atoms with Gasteiger partial charge < -0.3 is 15.7 Å². The number of carboxylic acids is 1. The zero-order chi connectivity index (χ0) is 17.5. The summed E-state index contributed by atoms with van der Waals surface area (Å²) in [5, 5.41) is 14.7. The van der Waals surface area contributed by atoms with E-state index in [0.29, 0.717) is 24.7 Å². The minimum absolute atomic E-state index is 0.00904. The lowest BCUT2D eigenvalue weighted by Crippen LogP contribution is -2.14. The van der Waals surface area contributed by atoms with Crippen molar-refractivity contribution in [3.8, 4) is 0 Å². The number of carbonyl (C=O) groups excluding carboxylic acids is 1. The van der Waals surface area contributed by atoms with E-state index in [9.17, 15) is 9.59 Å². The molecule has 0 unspecified atom stereocenters. The maximum Gasteiger partial charge on any atom is 0.356 e. The van der Waals surface area contributed by atoms with Crippen LogP contribution < -0.4 is 10.6 Å². The number of carbonyl (C=O) groups is 2. The fourth-order valence-electron chi connectivity index (χ4n) is 2.06. The van der Waals surface area contributed by atoms with E-state index in [1.807, 2.05) is 38.1 Å². The minimum Gasteiger partial charge on any atom is -0.476 e. The van der Waals surface area contributed by atoms with Crippen molar-refractivity contribution in [3.63, 3.8) is 0 Å². The number of hydrogen-bond acceptors (Lipinski definition) is 5. The van der Waals surface area contributed by atoms with Gasteiger partial charge in [-0.3, -0.25) is 4.79 Å². The van der Waals surface area contributed by atoms with Crippen LogP contribution in [0.5, 0.6) is 0 Å². The number of anilines is 2. The molecule has 3 N–H and O–H groups in total. The Labute approximate surface area is 140 Å². The third-order valence-electron chi connectivity index (χ3n) is 3.15. The lowest BCUT2D eigenvalue weighted by atomic mass is 10.1. The summed E-state index contributed by atoms with van der Waals surface area (Å²) in [7, 11) is 0. The van der Waals surface area contributed by atoms with Crippen LogP contribution in [0.15, 0.2) is 36.7 Å². The fraction of sp³-hybridized carbons (Fsp3) is 0.294. The van der Waals surface area contributed by atoms with Crippen molar-refractivity contribution in [1.29, 1.82) is 0 Å². The molecule has 0 spiro atoms. The molecular formula is C17H20N4O3. The Balaban J connectivity index is 1.94. The van der Waals surface area contributed by atoms with Crippen molar-refractivity contribution in [3.05, 3.63) is 47.9 Å². The molecule has 0 atom stereocenters. The Kier molecular flexibility index (Phi) is 5.83. The molecule has 7 nitrogen and oxygen atoms in total. The molecule has 2 aromatic rings. The van der Waals surface area contributed by atoms with Crippen molar-refractivity contribution < 1.29 is 14.7 Å². The van der Waals surface area contributed by atoms with E-state index in [4.69, 9.17) is 5.11 Å². The topological polar surface area (TPSA) is 104 Å². The molecule has 0 aliphatic rings. The number of rotatable bonds is 7. The summed E-state index contributed by atoms with van der Waals surface area (Å²) in [4.78, 5) is 30.3. The number of aromatic nitrogens is 2. The molecule has 0 aliphatic carbocycles. The SMILES string of the molecule is CC(C)CC(=O)Nc1cccc(CNc2cnc(C(=O)O)cn2)c1. The first-order chi connectivity index (χ1) is 11.4. The average Bonchev–Trinajstić information content (AvgIpc) is 2.53. The van der Waals surface area contributed by atoms with Crippen LogP contribution in [-0.2, 0) is 11.3 Å². The number of nitrogens with one attached hydrogen (secondary N) is 2. The highest BCUT2D eigenvalue weighted by atomic mass is 16.4. The van der Waals surface area contributed by atoms with E-state index in [-0.39, 0.29) is 11.6 Å². The summed E-state index contributed by atoms with van der Waals surface area (Å²) in [6.07, 6.45) is 3.05. The zero-order valence-electron chi connectivity index (χ0n) is 13.6. The van der Waals surface area contributed by atoms with Gasteiger partial charge >= 0.3 is 5.97 Å². The molecule has 0 aliphatic heterocycles. The zero-order valence-corrected chi connectivity index (χ0v) is 13.6. The molecule has 126 valence electrons. The lowest BCUT2D eigenvalue weighted by molar-refractivity contribution is -0.116. The number of nitrogens with zero attached hydrogens (tertiary/aromatic N) is 2. The number of benzene rings is 1. The molecule has 0 fully saturated rings. The molecule has 1 aromatic heterocycles. The van der Waals surface area contributed by atoms with Gasteiger partial charge in [0.2, 0.25) is 5.91 Å². The van der Waals surface area contributed by atoms with Gasteiger partial charge in [0.15, 0.2) is 5.69 Å². The van der Waals surface area contributed by atoms with Gasteiger partial charge in [-0.1, -0.05) is 26.0 Å². The molecule has 2 rings (SSSR count). The summed E-state index contributed by atoms with van der Waals surface area (Å²) in [5.74, 6) is -0.333. The number of carboxylic acid groups (broad SMARTS) is 1. The summed E-state index contributed by atoms with van der Waals surface area (Å²) in [5.41, 5.74) is 1.60. The highest BCUT2D eigenvalue weighted by Crippen LogP contribution is 2.13. The van der Waals surface area contributed by atoms with E-state index in [0.717, 1.165) is 11.3 Å². The number of amides is 1. The Morgan fingerprint density at radius 1 is 1.21 bits per heavy atom. The third kappa shape index (κ3) is 5.35. The lowest BCUT2D eigenvalue weighted by Gasteiger charge is -2.10. The van der Waals surface area contributed by atoms with Crippen molar-refractivity contribution in [1.82, 2.24) is 9.97 Å². The summed E-state index contributed by atoms with van der Waals surface area (Å²) >= 11 is 0. The smallest absolute Gasteiger partial charge is 0.356 e. The predicted molar refractivity (Wildman–Crippen MR) is 90.8 cm³/mol. The molecule has 1 aromatic carbocycles. The minimum atomic E-state index is -1.11. The molecular weight excluding hydrogens is 308 g/mol. The van der Waals surface area contributed by atoms with Crippen LogP contribution in [0.4, 0.5) is 11.5 Å². The van der Waals surface area contributed by atoms with Crippen molar-refractivity contribution in [2.24, 2.45) is 5.92 Å². The second-order valence-corrected chi connectivity index (χ2v) is 5.79. The number of aromatic carboxylic acids is 1. The summed E-state index contributed by atoms with van der Waals surface area (Å²) in [6, 6.07) is 7.50. The van der Waals surface area contributed by atoms with Gasteiger partial charge in [0.1, 0.15) is 5.82 Å². The van der Waals surface area contributed by atoms with Gasteiger partial charge in [0, 0.05) is 18.7 Å². The van der Waals surface area contributed by atoms with Gasteiger partial charge in [0.05, 0.1) is 12.4 Å². The van der Waals surface area contributed by atoms with E-state index in [2.05, 4.69) is 20.6 Å². The normalized spacial score (nSPS) is 10.5. The predicted octanol–water partition coefficient (Wildman–Crippen LogP) is 2.77. The van der Waals surface area contributed by atoms with Gasteiger partial charge in [-0.15, -0.1) is 0 Å². The van der Waals surface area contributed by atoms with Crippen LogP contribution in [0.2, 0.25) is 0 Å². The van der Waals surface area contributed by atoms with Crippen molar-refractivity contribution in [2.75, 3.05) is 10.6 Å². The average molecular weight is 328 g/mol. The van der Waals surface area contributed by atoms with Gasteiger partial charge in [-0.05, 0) is 23.6 Å². The molecule has 24 heavy (non-hydrogen) atoms. The monoisotopic (exact) mass is 328 g/mol. The fourth-order valence-corrected chi connectivity index (χ4v) is 2.06. The van der Waals surface area contributed by atoms with Crippen molar-refractivity contribution in [2.45, 2.75) is 26.8 Å². The Bertz CT molecular complexity index is 714. The van der Waals surface area contributed by atoms with Crippen LogP contribution in [0.25, 0.3) is 0 Å². The standard InChI is InChI=1S/C17H20N4O3/c1-11(2)6-16(22)21-13-5-3-4-12(7-13)8-19-15-10-18-14(9-20-15)17(23)24/h3-5,7,9-11H,6,8H2,1-2H3,(H,19,20)(H,21,22)(H,23,24). The molecule has 0 bridgehead atoms. The highest BCUT2D eigenvalue weighted by Gasteiger charge is 2.07. The Hall–Kier alpha value is -2.96. The molecule has 7 heteroatoms. The van der Waals surface area contributed by atoms with Crippen LogP contribution in [0, 0.1) is 5.92 Å². The van der Waals surface area contributed by atoms with E-state index >= 15 is 0 Å². The third-order valence-corrected chi connectivity index (χ3v) is 3.15. The second-order valence-electron chi connectivity index (χ2n) is 5.79. The van der Waals surface area contributed by atoms with Gasteiger partial charge in [-0.25, -0.2) is 14.8 Å². The van der Waals surface area contributed by atoms with Crippen LogP contribution in [0.3, 0.4) is 0 Å². The molecule has 0 saturated heterocycles. The van der Waals surface area contributed by atoms with Gasteiger partial charge in [0.25, 0.3) is 0 Å².